The molecule has 0 atom stereocenters. The monoisotopic (exact) mass is 303 g/mol. The maximum Gasteiger partial charge on any atom is 0.263 e. The first-order chi connectivity index (χ1) is 10.9. The third kappa shape index (κ3) is 2.30. The molecule has 0 fully saturated rings. The summed E-state index contributed by atoms with van der Waals surface area (Å²) in [5, 5.41) is 0. The predicted octanol–water partition coefficient (Wildman–Crippen LogP) is 4.55. The highest BCUT2D eigenvalue weighted by Gasteiger charge is 2.33. The van der Waals surface area contributed by atoms with Crippen LogP contribution >= 0.6 is 0 Å². The zero-order valence-corrected chi connectivity index (χ0v) is 13.2. The number of carbonyl (C=O) groups excluding carboxylic acids is 2. The number of anilines is 1. The molecule has 0 spiro atoms. The van der Waals surface area contributed by atoms with Crippen LogP contribution < -0.4 is 4.90 Å². The number of para-hydroxylation sites is 1. The topological polar surface area (TPSA) is 37.4 Å². The minimum absolute atomic E-state index is 0.0811. The van der Waals surface area contributed by atoms with Crippen molar-refractivity contribution in [3.8, 4) is 0 Å². The molecule has 3 nitrogen and oxygen atoms in total. The molecule has 2 aromatic rings. The number of benzene rings is 2. The highest BCUT2D eigenvalue weighted by Crippen LogP contribution is 2.38. The Balaban J connectivity index is 2.19. The van der Waals surface area contributed by atoms with Crippen LogP contribution in [0.2, 0.25) is 0 Å². The molecule has 0 N–H and O–H groups in total. The Morgan fingerprint density at radius 2 is 1.61 bits per heavy atom. The second-order valence-corrected chi connectivity index (χ2v) is 5.70. The van der Waals surface area contributed by atoms with E-state index in [1.807, 2.05) is 43.3 Å². The van der Waals surface area contributed by atoms with Crippen LogP contribution in [-0.4, -0.2) is 11.7 Å². The van der Waals surface area contributed by atoms with Crippen LogP contribution in [0, 0.1) is 0 Å². The van der Waals surface area contributed by atoms with E-state index < -0.39 is 0 Å². The lowest BCUT2D eigenvalue weighted by Gasteiger charge is -2.17. The van der Waals surface area contributed by atoms with Crippen LogP contribution in [0.5, 0.6) is 0 Å². The van der Waals surface area contributed by atoms with Gasteiger partial charge in [0, 0.05) is 16.8 Å². The maximum atomic E-state index is 12.8. The summed E-state index contributed by atoms with van der Waals surface area (Å²) in [6, 6.07) is 12.9. The molecule has 1 aliphatic heterocycles. The Kier molecular flexibility index (Phi) is 3.49. The van der Waals surface area contributed by atoms with Gasteiger partial charge in [0.1, 0.15) is 0 Å². The number of carbonyl (C=O) groups is 2. The number of hydrogen-bond acceptors (Lipinski definition) is 2. The predicted molar refractivity (Wildman–Crippen MR) is 93.4 cm³/mol. The molecule has 0 saturated carbocycles. The van der Waals surface area contributed by atoms with Gasteiger partial charge in [-0.3, -0.25) is 14.5 Å². The van der Waals surface area contributed by atoms with Gasteiger partial charge in [0.2, 0.25) is 0 Å². The molecule has 0 radical (unpaired) electrons. The number of allylic oxidation sites excluding steroid dienone is 1. The molecule has 0 aliphatic carbocycles. The number of hydrogen-bond donors (Lipinski definition) is 0. The van der Waals surface area contributed by atoms with Crippen LogP contribution in [0.4, 0.5) is 5.69 Å². The van der Waals surface area contributed by atoms with Crippen molar-refractivity contribution in [1.82, 2.24) is 0 Å². The minimum Gasteiger partial charge on any atom is -0.294 e. The average molecular weight is 303 g/mol. The normalized spacial score (nSPS) is 13.2. The molecular formula is C20H17NO2. The quantitative estimate of drug-likeness (QED) is 0.780. The van der Waals surface area contributed by atoms with Gasteiger partial charge >= 0.3 is 0 Å². The van der Waals surface area contributed by atoms with E-state index in [9.17, 15) is 9.59 Å². The summed E-state index contributed by atoms with van der Waals surface area (Å²) < 4.78 is 0. The van der Waals surface area contributed by atoms with E-state index in [2.05, 4.69) is 13.2 Å². The van der Waals surface area contributed by atoms with Crippen molar-refractivity contribution < 1.29 is 9.59 Å². The van der Waals surface area contributed by atoms with Gasteiger partial charge in [-0.1, -0.05) is 36.9 Å². The summed E-state index contributed by atoms with van der Waals surface area (Å²) in [6.45, 7) is 11.4. The summed E-state index contributed by atoms with van der Waals surface area (Å²) in [5.74, 6) is -0.241. The lowest BCUT2D eigenvalue weighted by molar-refractivity contribution is 0.101. The largest absolute Gasteiger partial charge is 0.294 e. The zero-order valence-electron chi connectivity index (χ0n) is 13.2. The Morgan fingerprint density at radius 3 is 2.17 bits per heavy atom. The van der Waals surface area contributed by atoms with Crippen LogP contribution in [0.15, 0.2) is 55.6 Å². The van der Waals surface area contributed by atoms with Crippen molar-refractivity contribution in [1.29, 1.82) is 0 Å². The Labute approximate surface area is 135 Å². The second-order valence-electron chi connectivity index (χ2n) is 5.70. The second kappa shape index (κ2) is 5.36. The molecule has 0 saturated heterocycles. The summed E-state index contributed by atoms with van der Waals surface area (Å²) in [6.07, 6.45) is 0. The van der Waals surface area contributed by atoms with Crippen molar-refractivity contribution in [2.45, 2.75) is 13.8 Å². The van der Waals surface area contributed by atoms with Crippen molar-refractivity contribution in [2.24, 2.45) is 0 Å². The minimum atomic E-state index is -0.160. The fourth-order valence-electron chi connectivity index (χ4n) is 2.87. The summed E-state index contributed by atoms with van der Waals surface area (Å²) in [7, 11) is 0. The van der Waals surface area contributed by atoms with Gasteiger partial charge in [0.25, 0.3) is 5.91 Å². The molecule has 1 heterocycles. The maximum absolute atomic E-state index is 12.8. The van der Waals surface area contributed by atoms with Gasteiger partial charge in [0.05, 0.1) is 11.3 Å². The molecule has 0 bridgehead atoms. The van der Waals surface area contributed by atoms with Crippen molar-refractivity contribution in [2.75, 3.05) is 4.90 Å². The Morgan fingerprint density at radius 1 is 1.00 bits per heavy atom. The van der Waals surface area contributed by atoms with Gasteiger partial charge in [-0.15, -0.1) is 0 Å². The first-order valence-corrected chi connectivity index (χ1v) is 7.35. The van der Waals surface area contributed by atoms with Gasteiger partial charge in [-0.2, -0.15) is 0 Å². The molecule has 114 valence electrons. The van der Waals surface area contributed by atoms with E-state index >= 15 is 0 Å². The Hall–Kier alpha value is -2.94. The summed E-state index contributed by atoms with van der Waals surface area (Å²) >= 11 is 0. The van der Waals surface area contributed by atoms with E-state index in [1.165, 1.54) is 6.92 Å². The van der Waals surface area contributed by atoms with Gasteiger partial charge in [0.15, 0.2) is 5.78 Å². The SMILES string of the molecule is C=C(C)c1cc2c(cc1C(C)=O)C(=O)N(c1ccccc1)C2=C. The summed E-state index contributed by atoms with van der Waals surface area (Å²) in [5.41, 5.74) is 4.72. The number of nitrogens with zero attached hydrogens (tertiary/aromatic N) is 1. The molecule has 1 aliphatic rings. The van der Waals surface area contributed by atoms with Crippen molar-refractivity contribution >= 4 is 28.6 Å². The smallest absolute Gasteiger partial charge is 0.263 e. The molecule has 1 amide bonds. The highest BCUT2D eigenvalue weighted by molar-refractivity contribution is 6.23. The lowest BCUT2D eigenvalue weighted by Crippen LogP contribution is -2.21. The van der Waals surface area contributed by atoms with Crippen LogP contribution in [0.1, 0.15) is 45.7 Å². The van der Waals surface area contributed by atoms with Crippen LogP contribution in [0.25, 0.3) is 11.3 Å². The summed E-state index contributed by atoms with van der Waals surface area (Å²) in [4.78, 5) is 26.3. The zero-order chi connectivity index (χ0) is 16.7. The fourth-order valence-corrected chi connectivity index (χ4v) is 2.87. The standard InChI is InChI=1S/C20H17NO2/c1-12(2)16-10-17-13(3)21(15-8-6-5-7-9-15)20(23)19(17)11-18(16)14(4)22/h5-11H,1,3H2,2,4H3. The molecule has 3 rings (SSSR count). The van der Waals surface area contributed by atoms with Gasteiger partial charge in [-0.05, 0) is 43.7 Å². The number of rotatable bonds is 3. The molecule has 0 unspecified atom stereocenters. The van der Waals surface area contributed by atoms with E-state index in [0.717, 1.165) is 22.4 Å². The van der Waals surface area contributed by atoms with Crippen LogP contribution in [0.3, 0.4) is 0 Å². The number of Topliss-reactive ketones (excluding diaryl/α,β-unsaturated/α-hetero) is 1. The molecular weight excluding hydrogens is 286 g/mol. The number of fused-ring (bicyclic) bond motifs is 1. The third-order valence-corrected chi connectivity index (χ3v) is 4.03. The van der Waals surface area contributed by atoms with E-state index in [0.29, 0.717) is 16.8 Å². The first-order valence-electron chi connectivity index (χ1n) is 7.35. The van der Waals surface area contributed by atoms with E-state index in [4.69, 9.17) is 0 Å². The first kappa shape index (κ1) is 15.0. The highest BCUT2D eigenvalue weighted by atomic mass is 16.2. The number of ketones is 1. The average Bonchev–Trinajstić information content (AvgIpc) is 2.78. The molecule has 23 heavy (non-hydrogen) atoms. The number of amides is 1. The van der Waals surface area contributed by atoms with E-state index in [1.54, 1.807) is 11.0 Å². The molecule has 2 aromatic carbocycles. The Bertz CT molecular complexity index is 810. The fraction of sp³-hybridized carbons (Fsp3) is 0.100. The van der Waals surface area contributed by atoms with Crippen LogP contribution in [-0.2, 0) is 0 Å². The van der Waals surface area contributed by atoms with Gasteiger partial charge < -0.3 is 0 Å². The van der Waals surface area contributed by atoms with Crippen molar-refractivity contribution in [3.63, 3.8) is 0 Å². The third-order valence-electron chi connectivity index (χ3n) is 4.03. The van der Waals surface area contributed by atoms with E-state index in [-0.39, 0.29) is 11.7 Å². The lowest BCUT2D eigenvalue weighted by atomic mass is 9.93. The molecule has 3 heteroatoms. The molecule has 0 aromatic heterocycles. The van der Waals surface area contributed by atoms with Gasteiger partial charge in [-0.25, -0.2) is 0 Å². The van der Waals surface area contributed by atoms with Crippen molar-refractivity contribution in [3.05, 3.63) is 77.9 Å².